The molecule has 3 aliphatic heterocycles. The van der Waals surface area contributed by atoms with Crippen LogP contribution in [0.1, 0.15) is 16.7 Å². The summed E-state index contributed by atoms with van der Waals surface area (Å²) in [6.07, 6.45) is 0.541. The summed E-state index contributed by atoms with van der Waals surface area (Å²) in [5, 5.41) is 9.27. The van der Waals surface area contributed by atoms with Crippen LogP contribution in [0.2, 0.25) is 5.02 Å². The molecule has 2 saturated heterocycles. The van der Waals surface area contributed by atoms with Gasteiger partial charge in [-0.3, -0.25) is 25.0 Å². The van der Waals surface area contributed by atoms with Crippen LogP contribution in [0, 0.1) is 18.8 Å². The molecule has 3 amide bonds. The van der Waals surface area contributed by atoms with E-state index in [-0.39, 0.29) is 17.9 Å². The lowest BCUT2D eigenvalue weighted by Gasteiger charge is -2.28. The fourth-order valence-electron chi connectivity index (χ4n) is 4.96. The topological polar surface area (TPSA) is 87.3 Å². The molecule has 0 saturated carbocycles. The van der Waals surface area contributed by atoms with Gasteiger partial charge >= 0.3 is 0 Å². The Hall–Kier alpha value is -2.70. The summed E-state index contributed by atoms with van der Waals surface area (Å²) < 4.78 is 0. The summed E-state index contributed by atoms with van der Waals surface area (Å²) in [6.45, 7) is 1.83. The van der Waals surface area contributed by atoms with Crippen molar-refractivity contribution in [2.45, 2.75) is 24.9 Å². The van der Waals surface area contributed by atoms with E-state index in [2.05, 4.69) is 16.0 Å². The van der Waals surface area contributed by atoms with E-state index < -0.39 is 23.3 Å². The zero-order chi connectivity index (χ0) is 19.6. The van der Waals surface area contributed by atoms with Crippen molar-refractivity contribution < 1.29 is 14.4 Å². The van der Waals surface area contributed by atoms with Crippen LogP contribution < -0.4 is 16.0 Å². The van der Waals surface area contributed by atoms with Gasteiger partial charge in [0.2, 0.25) is 17.7 Å². The van der Waals surface area contributed by atoms with E-state index in [1.807, 2.05) is 37.3 Å². The molecule has 28 heavy (non-hydrogen) atoms. The predicted molar refractivity (Wildman–Crippen MR) is 104 cm³/mol. The van der Waals surface area contributed by atoms with E-state index in [1.165, 1.54) is 0 Å². The number of carbonyl (C=O) groups is 3. The van der Waals surface area contributed by atoms with Gasteiger partial charge in [-0.05, 0) is 30.5 Å². The van der Waals surface area contributed by atoms with Crippen LogP contribution in [-0.2, 0) is 26.3 Å². The highest BCUT2D eigenvalue weighted by molar-refractivity contribution is 6.32. The van der Waals surface area contributed by atoms with E-state index in [0.29, 0.717) is 22.7 Å². The van der Waals surface area contributed by atoms with Crippen molar-refractivity contribution in [1.29, 1.82) is 0 Å². The van der Waals surface area contributed by atoms with Gasteiger partial charge < -0.3 is 5.32 Å². The van der Waals surface area contributed by atoms with Gasteiger partial charge in [-0.15, -0.1) is 0 Å². The van der Waals surface area contributed by atoms with Gasteiger partial charge in [0.05, 0.1) is 17.5 Å². The second kappa shape index (κ2) is 5.90. The molecule has 3 N–H and O–H groups in total. The summed E-state index contributed by atoms with van der Waals surface area (Å²) >= 11 is 6.23. The molecule has 2 aromatic carbocycles. The van der Waals surface area contributed by atoms with E-state index in [1.54, 1.807) is 12.1 Å². The summed E-state index contributed by atoms with van der Waals surface area (Å²) in [5.41, 5.74) is 1.81. The Balaban J connectivity index is 1.65. The molecule has 6 nitrogen and oxygen atoms in total. The Bertz CT molecular complexity index is 1040. The van der Waals surface area contributed by atoms with Crippen molar-refractivity contribution in [3.63, 3.8) is 0 Å². The van der Waals surface area contributed by atoms with Gasteiger partial charge in [0.15, 0.2) is 0 Å². The lowest BCUT2D eigenvalue weighted by Crippen LogP contribution is -2.53. The highest BCUT2D eigenvalue weighted by Gasteiger charge is 2.68. The lowest BCUT2D eigenvalue weighted by atomic mass is 9.76. The molecule has 0 bridgehead atoms. The van der Waals surface area contributed by atoms with Crippen LogP contribution in [0.15, 0.2) is 42.5 Å². The molecular formula is C21H18ClN3O3. The van der Waals surface area contributed by atoms with Gasteiger partial charge in [-0.2, -0.15) is 0 Å². The minimum atomic E-state index is -1.27. The summed E-state index contributed by atoms with van der Waals surface area (Å²) in [7, 11) is 0. The van der Waals surface area contributed by atoms with Crippen LogP contribution in [0.3, 0.4) is 0 Å². The minimum Gasteiger partial charge on any atom is -0.324 e. The molecule has 2 fully saturated rings. The van der Waals surface area contributed by atoms with Crippen molar-refractivity contribution in [2.24, 2.45) is 11.8 Å². The summed E-state index contributed by atoms with van der Waals surface area (Å²) in [4.78, 5) is 38.6. The Morgan fingerprint density at radius 2 is 1.75 bits per heavy atom. The lowest BCUT2D eigenvalue weighted by molar-refractivity contribution is -0.132. The number of rotatable bonds is 2. The van der Waals surface area contributed by atoms with E-state index in [9.17, 15) is 14.4 Å². The molecule has 5 rings (SSSR count). The number of benzene rings is 2. The first-order valence-corrected chi connectivity index (χ1v) is 9.58. The molecule has 0 radical (unpaired) electrons. The van der Waals surface area contributed by atoms with E-state index in [4.69, 9.17) is 11.6 Å². The molecule has 0 aliphatic carbocycles. The average molecular weight is 396 g/mol. The highest BCUT2D eigenvalue weighted by Crippen LogP contribution is 2.52. The molecule has 3 heterocycles. The normalized spacial score (nSPS) is 30.4. The van der Waals surface area contributed by atoms with Crippen LogP contribution in [-0.4, -0.2) is 23.8 Å². The zero-order valence-electron chi connectivity index (χ0n) is 15.1. The van der Waals surface area contributed by atoms with E-state index >= 15 is 0 Å². The third-order valence-corrected chi connectivity index (χ3v) is 6.63. The number of halogens is 1. The first-order valence-electron chi connectivity index (χ1n) is 9.21. The van der Waals surface area contributed by atoms with Crippen LogP contribution in [0.25, 0.3) is 0 Å². The Kier molecular flexibility index (Phi) is 3.66. The van der Waals surface area contributed by atoms with Gasteiger partial charge in [0, 0.05) is 16.6 Å². The first-order chi connectivity index (χ1) is 13.4. The molecule has 142 valence electrons. The zero-order valence-corrected chi connectivity index (χ0v) is 15.8. The molecule has 0 unspecified atom stereocenters. The molecule has 2 aromatic rings. The van der Waals surface area contributed by atoms with Gasteiger partial charge in [0.25, 0.3) is 0 Å². The Morgan fingerprint density at radius 3 is 2.50 bits per heavy atom. The van der Waals surface area contributed by atoms with Crippen molar-refractivity contribution in [1.82, 2.24) is 10.6 Å². The van der Waals surface area contributed by atoms with Crippen molar-refractivity contribution >= 4 is 35.0 Å². The second-order valence-electron chi connectivity index (χ2n) is 7.65. The summed E-state index contributed by atoms with van der Waals surface area (Å²) in [5.74, 6) is -2.46. The number of imide groups is 1. The molecule has 0 aromatic heterocycles. The van der Waals surface area contributed by atoms with Crippen LogP contribution >= 0.6 is 11.6 Å². The van der Waals surface area contributed by atoms with Gasteiger partial charge in [-0.25, -0.2) is 0 Å². The van der Waals surface area contributed by atoms with E-state index in [0.717, 1.165) is 11.1 Å². The molecule has 4 atom stereocenters. The smallest absolute Gasteiger partial charge is 0.250 e. The standard InChI is InChI=1S/C21H18ClN3O3/c1-10-13(22)8-7-12-17(10)23-20(28)21(12)16-15(18(26)24-19(16)27)14(25-21)9-11-5-3-2-4-6-11/h2-8,14-16,25H,9H2,1H3,(H,23,28)(H,24,26,27)/t14-,15-,16+,21-/m1/s1. The van der Waals surface area contributed by atoms with Gasteiger partial charge in [0.1, 0.15) is 5.54 Å². The average Bonchev–Trinajstić information content (AvgIpc) is 3.26. The number of amides is 3. The molecule has 3 aliphatic rings. The molecule has 1 spiro atoms. The maximum atomic E-state index is 13.2. The second-order valence-corrected chi connectivity index (χ2v) is 8.06. The first kappa shape index (κ1) is 17.4. The number of nitrogens with one attached hydrogen (secondary N) is 3. The molecule has 7 heteroatoms. The number of anilines is 1. The monoisotopic (exact) mass is 395 g/mol. The Labute approximate surface area is 166 Å². The summed E-state index contributed by atoms with van der Waals surface area (Å²) in [6, 6.07) is 12.9. The fourth-order valence-corrected chi connectivity index (χ4v) is 5.12. The van der Waals surface area contributed by atoms with Gasteiger partial charge in [-0.1, -0.05) is 48.0 Å². The number of hydrogen-bond acceptors (Lipinski definition) is 4. The third-order valence-electron chi connectivity index (χ3n) is 6.22. The highest BCUT2D eigenvalue weighted by atomic mass is 35.5. The quantitative estimate of drug-likeness (QED) is 0.678. The van der Waals surface area contributed by atoms with Crippen molar-refractivity contribution in [3.8, 4) is 0 Å². The predicted octanol–water partition coefficient (Wildman–Crippen LogP) is 1.90. The third kappa shape index (κ3) is 2.16. The number of carbonyl (C=O) groups excluding carboxylic acids is 3. The molecular weight excluding hydrogens is 378 g/mol. The number of fused-ring (bicyclic) bond motifs is 4. The SMILES string of the molecule is Cc1c(Cl)ccc2c1NC(=O)[C@@]21N[C@H](Cc2ccccc2)[C@H]2C(=O)NC(=O)[C@H]21. The van der Waals surface area contributed by atoms with Crippen LogP contribution in [0.4, 0.5) is 5.69 Å². The maximum Gasteiger partial charge on any atom is 0.250 e. The van der Waals surface area contributed by atoms with Crippen molar-refractivity contribution in [2.75, 3.05) is 5.32 Å². The maximum absolute atomic E-state index is 13.2. The number of hydrogen-bond donors (Lipinski definition) is 3. The van der Waals surface area contributed by atoms with Crippen LogP contribution in [0.5, 0.6) is 0 Å². The largest absolute Gasteiger partial charge is 0.324 e. The minimum absolute atomic E-state index is 0.316. The van der Waals surface area contributed by atoms with Crippen molar-refractivity contribution in [3.05, 3.63) is 64.2 Å². The fraction of sp³-hybridized carbons (Fsp3) is 0.286. The Morgan fingerprint density at radius 1 is 1.00 bits per heavy atom.